The zero-order valence-electron chi connectivity index (χ0n) is 14.4. The zero-order valence-corrected chi connectivity index (χ0v) is 14.4. The van der Waals surface area contributed by atoms with Gasteiger partial charge in [-0.1, -0.05) is 60.2 Å². The Morgan fingerprint density at radius 2 is 1.75 bits per heavy atom. The fraction of sp³-hybridized carbons (Fsp3) is 0.350. The van der Waals surface area contributed by atoms with Gasteiger partial charge in [0, 0.05) is 13.2 Å². The summed E-state index contributed by atoms with van der Waals surface area (Å²) >= 11 is 0. The van der Waals surface area contributed by atoms with Gasteiger partial charge in [-0.2, -0.15) is 0 Å². The Morgan fingerprint density at radius 3 is 2.42 bits per heavy atom. The highest BCUT2D eigenvalue weighted by Crippen LogP contribution is 2.16. The van der Waals surface area contributed by atoms with Crippen molar-refractivity contribution in [3.63, 3.8) is 0 Å². The van der Waals surface area contributed by atoms with E-state index in [4.69, 9.17) is 10.5 Å². The fourth-order valence-electron chi connectivity index (χ4n) is 2.40. The highest BCUT2D eigenvalue weighted by molar-refractivity contribution is 5.82. The molecule has 1 amide bonds. The Bertz CT molecular complexity index is 626. The van der Waals surface area contributed by atoms with Crippen molar-refractivity contribution in [2.24, 2.45) is 5.73 Å². The summed E-state index contributed by atoms with van der Waals surface area (Å²) in [5.74, 6) is -0.157. The molecule has 4 nitrogen and oxygen atoms in total. The lowest BCUT2D eigenvalue weighted by atomic mass is 10.1. The number of hydrogen-bond donors (Lipinski definition) is 2. The molecule has 0 radical (unpaired) electrons. The number of carbonyl (C=O) groups is 1. The number of rotatable bonds is 8. The Morgan fingerprint density at radius 1 is 1.08 bits per heavy atom. The van der Waals surface area contributed by atoms with Gasteiger partial charge in [-0.25, -0.2) is 0 Å². The van der Waals surface area contributed by atoms with Gasteiger partial charge in [-0.05, 0) is 31.4 Å². The third kappa shape index (κ3) is 5.48. The number of ether oxygens (including phenoxy) is 1. The second-order valence-electron chi connectivity index (χ2n) is 5.96. The first-order valence-corrected chi connectivity index (χ1v) is 8.34. The van der Waals surface area contributed by atoms with E-state index >= 15 is 0 Å². The Hall–Kier alpha value is -2.17. The van der Waals surface area contributed by atoms with Crippen molar-refractivity contribution in [2.45, 2.75) is 32.4 Å². The molecule has 0 aromatic heterocycles. The standard InChI is InChI=1S/C20H26N2O2/c1-15-9-11-18(12-10-15)19(21)20(23)22-13-6-14-24-16(2)17-7-4-3-5-8-17/h3-5,7-12,16,19H,6,13-14,21H2,1-2H3,(H,22,23). The first-order valence-electron chi connectivity index (χ1n) is 8.34. The SMILES string of the molecule is Cc1ccc(C(N)C(=O)NCCCOC(C)c2ccccc2)cc1. The molecular weight excluding hydrogens is 300 g/mol. The summed E-state index contributed by atoms with van der Waals surface area (Å²) in [5, 5.41) is 2.87. The summed E-state index contributed by atoms with van der Waals surface area (Å²) in [6.45, 7) is 5.18. The van der Waals surface area contributed by atoms with Gasteiger partial charge < -0.3 is 15.8 Å². The smallest absolute Gasteiger partial charge is 0.241 e. The molecule has 3 N–H and O–H groups in total. The van der Waals surface area contributed by atoms with Gasteiger partial charge in [0.15, 0.2) is 0 Å². The van der Waals surface area contributed by atoms with E-state index in [0.717, 1.165) is 23.1 Å². The molecule has 2 atom stereocenters. The minimum Gasteiger partial charge on any atom is -0.374 e. The highest BCUT2D eigenvalue weighted by Gasteiger charge is 2.14. The first kappa shape index (κ1) is 18.2. The maximum absolute atomic E-state index is 12.1. The molecule has 2 unspecified atom stereocenters. The normalized spacial score (nSPS) is 13.3. The molecule has 2 aromatic carbocycles. The van der Waals surface area contributed by atoms with Crippen LogP contribution in [0.25, 0.3) is 0 Å². The largest absolute Gasteiger partial charge is 0.374 e. The predicted molar refractivity (Wildman–Crippen MR) is 96.5 cm³/mol. The first-order chi connectivity index (χ1) is 11.6. The topological polar surface area (TPSA) is 64.4 Å². The van der Waals surface area contributed by atoms with Crippen molar-refractivity contribution < 1.29 is 9.53 Å². The lowest BCUT2D eigenvalue weighted by molar-refractivity contribution is -0.122. The molecule has 128 valence electrons. The molecule has 24 heavy (non-hydrogen) atoms. The van der Waals surface area contributed by atoms with E-state index in [0.29, 0.717) is 13.2 Å². The van der Waals surface area contributed by atoms with Crippen LogP contribution in [0.15, 0.2) is 54.6 Å². The predicted octanol–water partition coefficient (Wildman–Crippen LogP) is 3.28. The Balaban J connectivity index is 1.66. The van der Waals surface area contributed by atoms with Gasteiger partial charge in [0.2, 0.25) is 5.91 Å². The number of nitrogens with two attached hydrogens (primary N) is 1. The highest BCUT2D eigenvalue weighted by atomic mass is 16.5. The minimum atomic E-state index is -0.630. The summed E-state index contributed by atoms with van der Waals surface area (Å²) in [5.41, 5.74) is 9.11. The Labute approximate surface area is 144 Å². The van der Waals surface area contributed by atoms with Crippen LogP contribution in [0.2, 0.25) is 0 Å². The summed E-state index contributed by atoms with van der Waals surface area (Å²) in [7, 11) is 0. The van der Waals surface area contributed by atoms with E-state index in [1.165, 1.54) is 0 Å². The molecule has 0 heterocycles. The van der Waals surface area contributed by atoms with E-state index in [-0.39, 0.29) is 12.0 Å². The summed E-state index contributed by atoms with van der Waals surface area (Å²) in [4.78, 5) is 12.1. The van der Waals surface area contributed by atoms with Crippen LogP contribution in [-0.2, 0) is 9.53 Å². The van der Waals surface area contributed by atoms with E-state index in [9.17, 15) is 4.79 Å². The monoisotopic (exact) mass is 326 g/mol. The number of amides is 1. The summed E-state index contributed by atoms with van der Waals surface area (Å²) in [6, 6.07) is 17.2. The molecule has 0 spiro atoms. The van der Waals surface area contributed by atoms with Crippen LogP contribution in [-0.4, -0.2) is 19.1 Å². The van der Waals surface area contributed by atoms with E-state index < -0.39 is 6.04 Å². The molecular formula is C20H26N2O2. The lowest BCUT2D eigenvalue weighted by Crippen LogP contribution is -2.35. The molecule has 0 bridgehead atoms. The maximum Gasteiger partial charge on any atom is 0.241 e. The van der Waals surface area contributed by atoms with Gasteiger partial charge in [0.25, 0.3) is 0 Å². The second-order valence-corrected chi connectivity index (χ2v) is 5.96. The number of carbonyl (C=O) groups excluding carboxylic acids is 1. The van der Waals surface area contributed by atoms with E-state index in [2.05, 4.69) is 5.32 Å². The average molecular weight is 326 g/mol. The summed E-state index contributed by atoms with van der Waals surface area (Å²) < 4.78 is 5.79. The van der Waals surface area contributed by atoms with Crippen molar-refractivity contribution in [1.82, 2.24) is 5.32 Å². The van der Waals surface area contributed by atoms with Gasteiger partial charge in [0.1, 0.15) is 6.04 Å². The molecule has 0 aliphatic heterocycles. The number of aryl methyl sites for hydroxylation is 1. The van der Waals surface area contributed by atoms with Crippen molar-refractivity contribution in [3.8, 4) is 0 Å². The van der Waals surface area contributed by atoms with Crippen molar-refractivity contribution in [3.05, 3.63) is 71.3 Å². The van der Waals surface area contributed by atoms with Crippen LogP contribution in [0.5, 0.6) is 0 Å². The quantitative estimate of drug-likeness (QED) is 0.732. The minimum absolute atomic E-state index is 0.0525. The average Bonchev–Trinajstić information content (AvgIpc) is 2.62. The lowest BCUT2D eigenvalue weighted by Gasteiger charge is -2.15. The molecule has 0 saturated carbocycles. The van der Waals surface area contributed by atoms with E-state index in [1.54, 1.807) is 0 Å². The van der Waals surface area contributed by atoms with Gasteiger partial charge >= 0.3 is 0 Å². The zero-order chi connectivity index (χ0) is 17.4. The third-order valence-corrected chi connectivity index (χ3v) is 3.98. The Kier molecular flexibility index (Phi) is 6.97. The second kappa shape index (κ2) is 9.21. The number of benzene rings is 2. The van der Waals surface area contributed by atoms with Gasteiger partial charge in [-0.3, -0.25) is 4.79 Å². The molecule has 4 heteroatoms. The van der Waals surface area contributed by atoms with Crippen LogP contribution in [0.3, 0.4) is 0 Å². The van der Waals surface area contributed by atoms with Crippen LogP contribution >= 0.6 is 0 Å². The number of hydrogen-bond acceptors (Lipinski definition) is 3. The summed E-state index contributed by atoms with van der Waals surface area (Å²) in [6.07, 6.45) is 0.806. The van der Waals surface area contributed by atoms with E-state index in [1.807, 2.05) is 68.4 Å². The third-order valence-electron chi connectivity index (χ3n) is 3.98. The maximum atomic E-state index is 12.1. The van der Waals surface area contributed by atoms with Crippen LogP contribution in [0, 0.1) is 6.92 Å². The van der Waals surface area contributed by atoms with Crippen molar-refractivity contribution in [2.75, 3.05) is 13.2 Å². The van der Waals surface area contributed by atoms with Crippen molar-refractivity contribution in [1.29, 1.82) is 0 Å². The molecule has 0 aliphatic rings. The molecule has 0 saturated heterocycles. The van der Waals surface area contributed by atoms with Crippen molar-refractivity contribution >= 4 is 5.91 Å². The van der Waals surface area contributed by atoms with Crippen LogP contribution in [0.4, 0.5) is 0 Å². The van der Waals surface area contributed by atoms with Crippen LogP contribution < -0.4 is 11.1 Å². The van der Waals surface area contributed by atoms with Gasteiger partial charge in [-0.15, -0.1) is 0 Å². The van der Waals surface area contributed by atoms with Crippen LogP contribution in [0.1, 0.15) is 42.2 Å². The molecule has 0 fully saturated rings. The number of nitrogens with one attached hydrogen (secondary N) is 1. The van der Waals surface area contributed by atoms with Gasteiger partial charge in [0.05, 0.1) is 6.10 Å². The fourth-order valence-corrected chi connectivity index (χ4v) is 2.40. The molecule has 2 aromatic rings. The molecule has 0 aliphatic carbocycles. The molecule has 2 rings (SSSR count).